The Hall–Kier alpha value is -4.79. The monoisotopic (exact) mass is 622 g/mol. The quantitative estimate of drug-likeness (QED) is 0.233. The van der Waals surface area contributed by atoms with Gasteiger partial charge in [0.1, 0.15) is 5.78 Å². The first-order valence-electron chi connectivity index (χ1n) is 15.7. The van der Waals surface area contributed by atoms with E-state index in [1.54, 1.807) is 6.92 Å². The molecule has 2 N–H and O–H groups in total. The van der Waals surface area contributed by atoms with Crippen molar-refractivity contribution in [1.82, 2.24) is 19.9 Å². The second-order valence-electron chi connectivity index (χ2n) is 12.3. The van der Waals surface area contributed by atoms with E-state index >= 15 is 0 Å². The number of Topliss-reactive ketones (excluding diaryl/α,β-unsaturated/α-hetero) is 1. The lowest BCUT2D eigenvalue weighted by Gasteiger charge is -2.10. The first-order valence-corrected chi connectivity index (χ1v) is 15.7. The minimum absolute atomic E-state index is 0.00873. The maximum absolute atomic E-state index is 12.2. The fraction of sp³-hybridized carbons (Fsp3) is 0.378. The van der Waals surface area contributed by atoms with Crippen LogP contribution in [-0.2, 0) is 23.9 Å². The van der Waals surface area contributed by atoms with Crippen LogP contribution in [0.1, 0.15) is 105 Å². The summed E-state index contributed by atoms with van der Waals surface area (Å²) in [6.45, 7) is 11.9. The van der Waals surface area contributed by atoms with Crippen molar-refractivity contribution in [2.45, 2.75) is 79.6 Å². The molecule has 0 saturated heterocycles. The molecule has 3 aromatic heterocycles. The van der Waals surface area contributed by atoms with Gasteiger partial charge in [0.25, 0.3) is 0 Å². The van der Waals surface area contributed by atoms with Crippen LogP contribution in [0.25, 0.3) is 44.4 Å². The van der Waals surface area contributed by atoms with Crippen LogP contribution in [0, 0.1) is 13.8 Å². The van der Waals surface area contributed by atoms with E-state index in [9.17, 15) is 14.4 Å². The van der Waals surface area contributed by atoms with Crippen molar-refractivity contribution >= 4 is 62.1 Å². The van der Waals surface area contributed by atoms with Crippen molar-refractivity contribution < 1.29 is 23.9 Å². The molecule has 9 nitrogen and oxygen atoms in total. The predicted molar refractivity (Wildman–Crippen MR) is 182 cm³/mol. The third kappa shape index (κ3) is 6.59. The van der Waals surface area contributed by atoms with Crippen molar-refractivity contribution in [1.29, 1.82) is 0 Å². The molecule has 2 aliphatic heterocycles. The molecule has 0 radical (unpaired) electrons. The van der Waals surface area contributed by atoms with Crippen LogP contribution in [-0.4, -0.2) is 51.9 Å². The number of allylic oxidation sites excluding steroid dienone is 4. The van der Waals surface area contributed by atoms with E-state index in [2.05, 4.69) is 42.9 Å². The highest BCUT2D eigenvalue weighted by Gasteiger charge is 2.23. The Kier molecular flexibility index (Phi) is 9.42. The van der Waals surface area contributed by atoms with Gasteiger partial charge in [-0.3, -0.25) is 9.59 Å². The number of aromatic amines is 2. The zero-order valence-electron chi connectivity index (χ0n) is 27.9. The Bertz CT molecular complexity index is 1970. The van der Waals surface area contributed by atoms with Gasteiger partial charge in [0.15, 0.2) is 0 Å². The highest BCUT2D eigenvalue weighted by Crippen LogP contribution is 2.38. The van der Waals surface area contributed by atoms with Gasteiger partial charge in [-0.1, -0.05) is 6.92 Å². The fourth-order valence-electron chi connectivity index (χ4n) is 6.53. The Balaban J connectivity index is 1.86. The Morgan fingerprint density at radius 2 is 1.26 bits per heavy atom. The Morgan fingerprint density at radius 1 is 0.717 bits per heavy atom. The summed E-state index contributed by atoms with van der Waals surface area (Å²) < 4.78 is 9.89. The summed E-state index contributed by atoms with van der Waals surface area (Å²) in [7, 11) is 2.78. The molecule has 5 rings (SSSR count). The van der Waals surface area contributed by atoms with E-state index in [1.165, 1.54) is 14.2 Å². The number of esters is 2. The largest absolute Gasteiger partial charge is 0.469 e. The number of nitrogens with one attached hydrogen (secondary N) is 2. The maximum Gasteiger partial charge on any atom is 0.305 e. The minimum atomic E-state index is -0.297. The average Bonchev–Trinajstić information content (AvgIpc) is 3.69. The molecule has 5 heterocycles. The van der Waals surface area contributed by atoms with Gasteiger partial charge in [-0.25, -0.2) is 9.97 Å². The van der Waals surface area contributed by atoms with E-state index in [4.69, 9.17) is 19.4 Å². The van der Waals surface area contributed by atoms with Crippen LogP contribution in [0.5, 0.6) is 0 Å². The number of rotatable bonds is 9. The molecule has 0 spiro atoms. The minimum Gasteiger partial charge on any atom is -0.469 e. The number of fused-ring (bicyclic) bond motifs is 8. The summed E-state index contributed by atoms with van der Waals surface area (Å²) >= 11 is 0. The zero-order chi connectivity index (χ0) is 33.3. The molecule has 0 aliphatic carbocycles. The number of nitrogens with zero attached hydrogens (tertiary/aromatic N) is 2. The molecule has 0 aromatic carbocycles. The lowest BCUT2D eigenvalue weighted by Crippen LogP contribution is -2.01. The number of carbonyl (C=O) groups excluding carboxylic acids is 3. The molecule has 0 fully saturated rings. The van der Waals surface area contributed by atoms with Gasteiger partial charge in [0.2, 0.25) is 0 Å². The number of hydrogen-bond acceptors (Lipinski definition) is 7. The van der Waals surface area contributed by atoms with Gasteiger partial charge < -0.3 is 24.2 Å². The first-order chi connectivity index (χ1) is 21.9. The summed E-state index contributed by atoms with van der Waals surface area (Å²) in [5.74, 6) is -0.462. The highest BCUT2D eigenvalue weighted by molar-refractivity contribution is 5.96. The molecule has 2 aliphatic rings. The van der Waals surface area contributed by atoms with Crippen LogP contribution in [0.15, 0.2) is 30.3 Å². The SMILES string of the molecule is COC(=O)CCC1=C(C)c2cc3[nH]c(cc3C)cc3[nH]c(cc4nc(cc1n2)C(CCC(=O)OC)=C4C)c(C(C)CC(C)=O)c3C. The maximum atomic E-state index is 12.2. The molecule has 240 valence electrons. The number of ketones is 1. The Labute approximate surface area is 269 Å². The smallest absolute Gasteiger partial charge is 0.305 e. The number of carbonyl (C=O) groups is 3. The van der Waals surface area contributed by atoms with Gasteiger partial charge in [0.05, 0.1) is 37.0 Å². The van der Waals surface area contributed by atoms with Crippen LogP contribution in [0.3, 0.4) is 0 Å². The topological polar surface area (TPSA) is 127 Å². The summed E-state index contributed by atoms with van der Waals surface area (Å²) in [5, 5.41) is 0. The molecule has 1 atom stereocenters. The molecule has 9 heteroatoms. The van der Waals surface area contributed by atoms with Crippen molar-refractivity contribution in [3.63, 3.8) is 0 Å². The van der Waals surface area contributed by atoms with Crippen molar-refractivity contribution in [3.05, 3.63) is 69.8 Å². The molecular weight excluding hydrogens is 580 g/mol. The second kappa shape index (κ2) is 13.3. The third-order valence-electron chi connectivity index (χ3n) is 9.05. The van der Waals surface area contributed by atoms with Crippen molar-refractivity contribution in [2.24, 2.45) is 0 Å². The van der Waals surface area contributed by atoms with E-state index in [0.717, 1.165) is 83.8 Å². The number of aromatic nitrogens is 4. The number of aryl methyl sites for hydroxylation is 2. The lowest BCUT2D eigenvalue weighted by atomic mass is 9.93. The van der Waals surface area contributed by atoms with Gasteiger partial charge in [-0.2, -0.15) is 0 Å². The standard InChI is InChI=1S/C37H42N4O5/c1-19-14-25-15-29-24(6)37(20(2)13-21(3)42)34(41-29)17-31-23(5)27(10-12-36(44)46-8)33(40-31)18-32-26(9-11-35(43)45-7)22(4)30(39-32)16-28(19)38-25/h14-18,20,38,41H,9-13H2,1-8H3. The predicted octanol–water partition coefficient (Wildman–Crippen LogP) is 7.78. The third-order valence-corrected chi connectivity index (χ3v) is 9.05. The Morgan fingerprint density at radius 3 is 1.78 bits per heavy atom. The number of H-pyrrole nitrogens is 2. The van der Waals surface area contributed by atoms with E-state index < -0.39 is 0 Å². The van der Waals surface area contributed by atoms with Crippen molar-refractivity contribution in [2.75, 3.05) is 14.2 Å². The van der Waals surface area contributed by atoms with Crippen LogP contribution in [0.4, 0.5) is 0 Å². The number of ether oxygens (including phenoxy) is 2. The molecule has 8 bridgehead atoms. The van der Waals surface area contributed by atoms with Gasteiger partial charge in [-0.05, 0) is 123 Å². The molecule has 0 amide bonds. The summed E-state index contributed by atoms with van der Waals surface area (Å²) in [6.07, 6.45) is 1.77. The summed E-state index contributed by atoms with van der Waals surface area (Å²) in [6, 6.07) is 10.3. The average molecular weight is 623 g/mol. The molecular formula is C37H42N4O5. The van der Waals surface area contributed by atoms with Crippen LogP contribution in [0.2, 0.25) is 0 Å². The van der Waals surface area contributed by atoms with E-state index in [-0.39, 0.29) is 36.5 Å². The van der Waals surface area contributed by atoms with Gasteiger partial charge in [-0.15, -0.1) is 0 Å². The van der Waals surface area contributed by atoms with Crippen LogP contribution >= 0.6 is 0 Å². The van der Waals surface area contributed by atoms with E-state index in [0.29, 0.717) is 19.3 Å². The highest BCUT2D eigenvalue weighted by atomic mass is 16.5. The molecule has 3 aromatic rings. The molecule has 1 unspecified atom stereocenters. The summed E-state index contributed by atoms with van der Waals surface area (Å²) in [4.78, 5) is 53.9. The first kappa shape index (κ1) is 32.6. The molecule has 46 heavy (non-hydrogen) atoms. The van der Waals surface area contributed by atoms with Crippen LogP contribution < -0.4 is 0 Å². The van der Waals surface area contributed by atoms with Crippen molar-refractivity contribution in [3.8, 4) is 0 Å². The summed E-state index contributed by atoms with van der Waals surface area (Å²) in [5.41, 5.74) is 13.8. The zero-order valence-corrected chi connectivity index (χ0v) is 27.9. The normalized spacial score (nSPS) is 13.7. The fourth-order valence-corrected chi connectivity index (χ4v) is 6.53. The second-order valence-corrected chi connectivity index (χ2v) is 12.3. The van der Waals surface area contributed by atoms with Gasteiger partial charge in [0, 0.05) is 41.3 Å². The van der Waals surface area contributed by atoms with Gasteiger partial charge >= 0.3 is 11.9 Å². The number of methoxy groups -OCH3 is 2. The molecule has 0 saturated carbocycles. The van der Waals surface area contributed by atoms with E-state index in [1.807, 2.05) is 32.0 Å². The lowest BCUT2D eigenvalue weighted by molar-refractivity contribution is -0.141. The number of hydrogen-bond donors (Lipinski definition) is 2.